The van der Waals surface area contributed by atoms with Crippen LogP contribution in [0.1, 0.15) is 11.1 Å². The van der Waals surface area contributed by atoms with Gasteiger partial charge in [-0.1, -0.05) is 24.3 Å². The lowest BCUT2D eigenvalue weighted by Crippen LogP contribution is -2.14. The summed E-state index contributed by atoms with van der Waals surface area (Å²) in [7, 11) is 1.68. The summed E-state index contributed by atoms with van der Waals surface area (Å²) in [6, 6.07) is 8.10. The van der Waals surface area contributed by atoms with Crippen LogP contribution >= 0.6 is 11.6 Å². The molecule has 72 valence electrons. The number of hydrogen-bond acceptors (Lipinski definition) is 2. The molecule has 2 nitrogen and oxygen atoms in total. The van der Waals surface area contributed by atoms with Gasteiger partial charge in [0.2, 0.25) is 0 Å². The first-order valence-electron chi connectivity index (χ1n) is 4.19. The zero-order valence-corrected chi connectivity index (χ0v) is 8.42. The number of rotatable bonds is 4. The van der Waals surface area contributed by atoms with Crippen LogP contribution in [0.3, 0.4) is 0 Å². The lowest BCUT2D eigenvalue weighted by atomic mass is 10.1. The molecular formula is C10H14ClNO. The molecule has 0 radical (unpaired) electrons. The molecule has 1 aromatic carbocycles. The van der Waals surface area contributed by atoms with Crippen molar-refractivity contribution in [1.82, 2.24) is 0 Å². The van der Waals surface area contributed by atoms with Crippen molar-refractivity contribution < 1.29 is 4.74 Å². The Morgan fingerprint density at radius 3 is 2.31 bits per heavy atom. The summed E-state index contributed by atoms with van der Waals surface area (Å²) in [4.78, 5) is 0. The molecule has 1 rings (SSSR count). The zero-order valence-electron chi connectivity index (χ0n) is 7.66. The highest BCUT2D eigenvalue weighted by Crippen LogP contribution is 2.08. The summed E-state index contributed by atoms with van der Waals surface area (Å²) < 4.78 is 5.00. The molecule has 1 unspecified atom stereocenters. The van der Waals surface area contributed by atoms with Crippen LogP contribution in [0.25, 0.3) is 0 Å². The molecule has 0 saturated carbocycles. The molecule has 0 aliphatic carbocycles. The summed E-state index contributed by atoms with van der Waals surface area (Å²) >= 11 is 5.67. The van der Waals surface area contributed by atoms with Crippen molar-refractivity contribution in [3.05, 3.63) is 35.4 Å². The van der Waals surface area contributed by atoms with Crippen LogP contribution in [0.4, 0.5) is 0 Å². The first-order valence-corrected chi connectivity index (χ1v) is 4.62. The molecular weight excluding hydrogens is 186 g/mol. The average molecular weight is 200 g/mol. The van der Waals surface area contributed by atoms with Crippen molar-refractivity contribution >= 4 is 11.6 Å². The number of nitrogens with two attached hydrogens (primary N) is 1. The third-order valence-corrected chi connectivity index (χ3v) is 1.92. The van der Waals surface area contributed by atoms with E-state index in [1.807, 2.05) is 24.3 Å². The van der Waals surface area contributed by atoms with Crippen LogP contribution in [-0.4, -0.2) is 12.6 Å². The lowest BCUT2D eigenvalue weighted by Gasteiger charge is -2.04. The maximum absolute atomic E-state index is 5.67. The van der Waals surface area contributed by atoms with Crippen molar-refractivity contribution in [3.63, 3.8) is 0 Å². The van der Waals surface area contributed by atoms with Gasteiger partial charge in [-0.2, -0.15) is 0 Å². The Labute approximate surface area is 83.6 Å². The molecule has 2 N–H and O–H groups in total. The van der Waals surface area contributed by atoms with E-state index in [2.05, 4.69) is 0 Å². The van der Waals surface area contributed by atoms with E-state index in [-0.39, 0.29) is 5.50 Å². The van der Waals surface area contributed by atoms with E-state index in [9.17, 15) is 0 Å². The molecule has 1 aromatic rings. The van der Waals surface area contributed by atoms with Gasteiger partial charge in [0.05, 0.1) is 12.1 Å². The van der Waals surface area contributed by atoms with E-state index in [0.29, 0.717) is 13.0 Å². The third kappa shape index (κ3) is 3.77. The van der Waals surface area contributed by atoms with Gasteiger partial charge in [-0.3, -0.25) is 0 Å². The molecule has 3 heteroatoms. The fourth-order valence-electron chi connectivity index (χ4n) is 1.16. The molecule has 0 aliphatic rings. The Bertz CT molecular complexity index is 246. The van der Waals surface area contributed by atoms with Crippen molar-refractivity contribution in [2.75, 3.05) is 7.11 Å². The minimum Gasteiger partial charge on any atom is -0.380 e. The fraction of sp³-hybridized carbons (Fsp3) is 0.400. The van der Waals surface area contributed by atoms with Gasteiger partial charge in [0, 0.05) is 13.5 Å². The second-order valence-electron chi connectivity index (χ2n) is 2.97. The Balaban J connectivity index is 2.59. The number of ether oxygens (including phenoxy) is 1. The number of benzene rings is 1. The van der Waals surface area contributed by atoms with Crippen LogP contribution < -0.4 is 5.73 Å². The number of hydrogen-bond donors (Lipinski definition) is 1. The molecule has 0 fully saturated rings. The highest BCUT2D eigenvalue weighted by atomic mass is 35.5. The Hall–Kier alpha value is -0.570. The maximum Gasteiger partial charge on any atom is 0.0841 e. The van der Waals surface area contributed by atoms with E-state index in [1.165, 1.54) is 0 Å². The Kier molecular flexibility index (Phi) is 4.22. The van der Waals surface area contributed by atoms with Gasteiger partial charge in [-0.25, -0.2) is 0 Å². The average Bonchev–Trinajstić information content (AvgIpc) is 2.08. The first-order chi connectivity index (χ1) is 6.22. The molecule has 1 atom stereocenters. The van der Waals surface area contributed by atoms with E-state index in [4.69, 9.17) is 22.1 Å². The van der Waals surface area contributed by atoms with Crippen molar-refractivity contribution in [1.29, 1.82) is 0 Å². The smallest absolute Gasteiger partial charge is 0.0841 e. The highest BCUT2D eigenvalue weighted by molar-refractivity contribution is 6.20. The normalized spacial score (nSPS) is 12.8. The van der Waals surface area contributed by atoms with Crippen LogP contribution in [0.15, 0.2) is 24.3 Å². The van der Waals surface area contributed by atoms with Gasteiger partial charge in [-0.05, 0) is 11.1 Å². The minimum atomic E-state index is -0.298. The number of methoxy groups -OCH3 is 1. The molecule has 13 heavy (non-hydrogen) atoms. The van der Waals surface area contributed by atoms with E-state index in [0.717, 1.165) is 11.1 Å². The quantitative estimate of drug-likeness (QED) is 0.594. The molecule has 0 saturated heterocycles. The predicted octanol–water partition coefficient (Wildman–Crippen LogP) is 1.90. The van der Waals surface area contributed by atoms with Crippen molar-refractivity contribution in [2.24, 2.45) is 5.73 Å². The molecule has 0 heterocycles. The Morgan fingerprint density at radius 1 is 1.31 bits per heavy atom. The second-order valence-corrected chi connectivity index (χ2v) is 3.53. The van der Waals surface area contributed by atoms with Gasteiger partial charge in [0.15, 0.2) is 0 Å². The fourth-order valence-corrected chi connectivity index (χ4v) is 1.34. The minimum absolute atomic E-state index is 0.298. The molecule has 0 spiro atoms. The van der Waals surface area contributed by atoms with Gasteiger partial charge < -0.3 is 10.5 Å². The number of halogens is 1. The molecule has 0 aromatic heterocycles. The first kappa shape index (κ1) is 10.5. The van der Waals surface area contributed by atoms with Crippen LogP contribution in [0.5, 0.6) is 0 Å². The van der Waals surface area contributed by atoms with Crippen LogP contribution in [0, 0.1) is 0 Å². The highest BCUT2D eigenvalue weighted by Gasteiger charge is 1.99. The molecule has 0 aliphatic heterocycles. The standard InChI is InChI=1S/C10H14ClNO/c1-13-7-9-4-2-8(3-5-9)6-10(11)12/h2-5,10H,6-7,12H2,1H3. The maximum atomic E-state index is 5.67. The summed E-state index contributed by atoms with van der Waals surface area (Å²) in [5.41, 5.74) is 7.48. The van der Waals surface area contributed by atoms with E-state index in [1.54, 1.807) is 7.11 Å². The van der Waals surface area contributed by atoms with Crippen molar-refractivity contribution in [3.8, 4) is 0 Å². The zero-order chi connectivity index (χ0) is 9.68. The third-order valence-electron chi connectivity index (χ3n) is 1.76. The Morgan fingerprint density at radius 2 is 1.85 bits per heavy atom. The van der Waals surface area contributed by atoms with Crippen LogP contribution in [-0.2, 0) is 17.8 Å². The summed E-state index contributed by atoms with van der Waals surface area (Å²) in [5, 5.41) is 0. The molecule has 0 amide bonds. The van der Waals surface area contributed by atoms with Gasteiger partial charge in [0.1, 0.15) is 0 Å². The lowest BCUT2D eigenvalue weighted by molar-refractivity contribution is 0.185. The van der Waals surface area contributed by atoms with Crippen molar-refractivity contribution in [2.45, 2.75) is 18.5 Å². The second kappa shape index (κ2) is 5.22. The summed E-state index contributed by atoms with van der Waals surface area (Å²) in [6.07, 6.45) is 0.703. The van der Waals surface area contributed by atoms with E-state index >= 15 is 0 Å². The predicted molar refractivity (Wildman–Crippen MR) is 54.7 cm³/mol. The largest absolute Gasteiger partial charge is 0.380 e. The molecule has 0 bridgehead atoms. The number of alkyl halides is 1. The monoisotopic (exact) mass is 199 g/mol. The van der Waals surface area contributed by atoms with Gasteiger partial charge in [-0.15, -0.1) is 11.6 Å². The summed E-state index contributed by atoms with van der Waals surface area (Å²) in [6.45, 7) is 0.646. The van der Waals surface area contributed by atoms with E-state index < -0.39 is 0 Å². The summed E-state index contributed by atoms with van der Waals surface area (Å²) in [5.74, 6) is 0. The van der Waals surface area contributed by atoms with Gasteiger partial charge >= 0.3 is 0 Å². The van der Waals surface area contributed by atoms with Crippen LogP contribution in [0.2, 0.25) is 0 Å². The van der Waals surface area contributed by atoms with Gasteiger partial charge in [0.25, 0.3) is 0 Å². The SMILES string of the molecule is COCc1ccc(CC(N)Cl)cc1. The topological polar surface area (TPSA) is 35.2 Å².